The van der Waals surface area contributed by atoms with Gasteiger partial charge in [-0.2, -0.15) is 5.10 Å². The Kier molecular flexibility index (Phi) is 4.75. The van der Waals surface area contributed by atoms with Crippen molar-refractivity contribution in [3.05, 3.63) is 89.6 Å². The number of fused-ring (bicyclic) bond motifs is 1. The van der Waals surface area contributed by atoms with Crippen molar-refractivity contribution in [3.8, 4) is 11.5 Å². The standard InChI is InChI=1S/C24H22N2O/c1-3-19(13-18-10-12-24-20(14-18)16-25-26-24)23-15-22(11-9-17(23)2)27-21-7-5-4-6-8-21/h4-16H,3H2,1-2H3,(H,25,26)/b19-13+. The number of benzene rings is 3. The van der Waals surface area contributed by atoms with E-state index in [2.05, 4.69) is 60.5 Å². The quantitative estimate of drug-likeness (QED) is 0.409. The molecule has 3 aromatic carbocycles. The summed E-state index contributed by atoms with van der Waals surface area (Å²) >= 11 is 0. The lowest BCUT2D eigenvalue weighted by Crippen LogP contribution is -1.91. The maximum Gasteiger partial charge on any atom is 0.128 e. The summed E-state index contributed by atoms with van der Waals surface area (Å²) < 4.78 is 6.03. The molecule has 4 aromatic rings. The third-order valence-electron chi connectivity index (χ3n) is 4.72. The van der Waals surface area contributed by atoms with Crippen LogP contribution < -0.4 is 4.74 Å². The van der Waals surface area contributed by atoms with Crippen molar-refractivity contribution in [2.45, 2.75) is 20.3 Å². The van der Waals surface area contributed by atoms with Crippen LogP contribution in [-0.4, -0.2) is 10.2 Å². The maximum absolute atomic E-state index is 6.03. The Balaban J connectivity index is 1.69. The van der Waals surface area contributed by atoms with E-state index in [9.17, 15) is 0 Å². The fourth-order valence-electron chi connectivity index (χ4n) is 3.26. The van der Waals surface area contributed by atoms with Gasteiger partial charge < -0.3 is 4.74 Å². The van der Waals surface area contributed by atoms with Gasteiger partial charge in [-0.25, -0.2) is 0 Å². The Labute approximate surface area is 159 Å². The lowest BCUT2D eigenvalue weighted by atomic mass is 9.96. The van der Waals surface area contributed by atoms with Gasteiger partial charge in [0.15, 0.2) is 0 Å². The molecule has 0 saturated carbocycles. The van der Waals surface area contributed by atoms with E-state index < -0.39 is 0 Å². The Morgan fingerprint density at radius 2 is 1.85 bits per heavy atom. The average Bonchev–Trinajstić information content (AvgIpc) is 3.16. The summed E-state index contributed by atoms with van der Waals surface area (Å²) in [6.45, 7) is 4.33. The molecular weight excluding hydrogens is 332 g/mol. The predicted octanol–water partition coefficient (Wildman–Crippen LogP) is 6.61. The molecule has 0 fully saturated rings. The summed E-state index contributed by atoms with van der Waals surface area (Å²) in [4.78, 5) is 0. The van der Waals surface area contributed by atoms with Crippen molar-refractivity contribution in [1.82, 2.24) is 10.2 Å². The van der Waals surface area contributed by atoms with Crippen LogP contribution in [0, 0.1) is 6.92 Å². The number of aryl methyl sites for hydroxylation is 1. The molecule has 0 saturated heterocycles. The van der Waals surface area contributed by atoms with Gasteiger partial charge >= 0.3 is 0 Å². The number of allylic oxidation sites excluding steroid dienone is 1. The molecule has 1 heterocycles. The minimum absolute atomic E-state index is 0.847. The zero-order valence-electron chi connectivity index (χ0n) is 15.6. The lowest BCUT2D eigenvalue weighted by molar-refractivity contribution is 0.482. The molecule has 0 amide bonds. The van der Waals surface area contributed by atoms with E-state index in [1.807, 2.05) is 42.6 Å². The highest BCUT2D eigenvalue weighted by Crippen LogP contribution is 2.30. The van der Waals surface area contributed by atoms with E-state index in [4.69, 9.17) is 4.74 Å². The van der Waals surface area contributed by atoms with Gasteiger partial charge in [-0.15, -0.1) is 0 Å². The Morgan fingerprint density at radius 3 is 2.67 bits per heavy atom. The first kappa shape index (κ1) is 17.1. The summed E-state index contributed by atoms with van der Waals surface area (Å²) in [5, 5.41) is 8.22. The van der Waals surface area contributed by atoms with Crippen LogP contribution in [0.3, 0.4) is 0 Å². The summed E-state index contributed by atoms with van der Waals surface area (Å²) in [6, 6.07) is 22.5. The number of ether oxygens (including phenoxy) is 1. The Hall–Kier alpha value is -3.33. The highest BCUT2D eigenvalue weighted by atomic mass is 16.5. The van der Waals surface area contributed by atoms with E-state index >= 15 is 0 Å². The number of H-pyrrole nitrogens is 1. The van der Waals surface area contributed by atoms with Crippen LogP contribution in [0.4, 0.5) is 0 Å². The van der Waals surface area contributed by atoms with Gasteiger partial charge in [0.1, 0.15) is 11.5 Å². The van der Waals surface area contributed by atoms with E-state index in [0.29, 0.717) is 0 Å². The molecule has 134 valence electrons. The van der Waals surface area contributed by atoms with Gasteiger partial charge in [0.25, 0.3) is 0 Å². The van der Waals surface area contributed by atoms with Crippen LogP contribution >= 0.6 is 0 Å². The van der Waals surface area contributed by atoms with Crippen molar-refractivity contribution in [2.75, 3.05) is 0 Å². The molecule has 1 N–H and O–H groups in total. The zero-order chi connectivity index (χ0) is 18.6. The molecule has 3 nitrogen and oxygen atoms in total. The van der Waals surface area contributed by atoms with E-state index in [1.165, 1.54) is 22.3 Å². The highest BCUT2D eigenvalue weighted by Gasteiger charge is 2.07. The molecule has 0 bridgehead atoms. The summed E-state index contributed by atoms with van der Waals surface area (Å²) in [6.07, 6.45) is 5.05. The molecule has 0 aliphatic rings. The largest absolute Gasteiger partial charge is 0.457 e. The average molecular weight is 354 g/mol. The molecule has 0 atom stereocenters. The summed E-state index contributed by atoms with van der Waals surface area (Å²) in [7, 11) is 0. The molecule has 0 unspecified atom stereocenters. The number of hydrogen-bond acceptors (Lipinski definition) is 2. The normalized spacial score (nSPS) is 11.7. The van der Waals surface area contributed by atoms with Crippen LogP contribution in [0.1, 0.15) is 30.0 Å². The molecule has 3 heteroatoms. The zero-order valence-corrected chi connectivity index (χ0v) is 15.6. The number of rotatable bonds is 5. The minimum Gasteiger partial charge on any atom is -0.457 e. The van der Waals surface area contributed by atoms with E-state index in [-0.39, 0.29) is 0 Å². The van der Waals surface area contributed by atoms with Crippen LogP contribution in [0.5, 0.6) is 11.5 Å². The monoisotopic (exact) mass is 354 g/mol. The first-order valence-corrected chi connectivity index (χ1v) is 9.20. The summed E-state index contributed by atoms with van der Waals surface area (Å²) in [5.41, 5.74) is 5.98. The van der Waals surface area contributed by atoms with Gasteiger partial charge in [-0.1, -0.05) is 43.3 Å². The number of aromatic nitrogens is 2. The second-order valence-corrected chi connectivity index (χ2v) is 6.63. The van der Waals surface area contributed by atoms with E-state index in [1.54, 1.807) is 0 Å². The predicted molar refractivity (Wildman–Crippen MR) is 112 cm³/mol. The number of hydrogen-bond donors (Lipinski definition) is 1. The Bertz CT molecular complexity index is 1090. The van der Waals surface area contributed by atoms with Gasteiger partial charge in [0.2, 0.25) is 0 Å². The summed E-state index contributed by atoms with van der Waals surface area (Å²) in [5.74, 6) is 1.70. The smallest absolute Gasteiger partial charge is 0.128 e. The van der Waals surface area contributed by atoms with Crippen LogP contribution in [0.2, 0.25) is 0 Å². The molecule has 0 aliphatic carbocycles. The molecular formula is C24H22N2O. The lowest BCUT2D eigenvalue weighted by Gasteiger charge is -2.13. The number of para-hydroxylation sites is 1. The Morgan fingerprint density at radius 1 is 1.00 bits per heavy atom. The van der Waals surface area contributed by atoms with Gasteiger partial charge in [0, 0.05) is 5.39 Å². The van der Waals surface area contributed by atoms with Gasteiger partial charge in [0.05, 0.1) is 11.7 Å². The SMILES string of the molecule is CC/C(=C\c1ccc2[nH]ncc2c1)c1cc(Oc2ccccc2)ccc1C. The fraction of sp³-hybridized carbons (Fsp3) is 0.125. The first-order valence-electron chi connectivity index (χ1n) is 9.20. The number of aromatic amines is 1. The van der Waals surface area contributed by atoms with Crippen LogP contribution in [0.25, 0.3) is 22.6 Å². The van der Waals surface area contributed by atoms with E-state index in [0.717, 1.165) is 28.8 Å². The van der Waals surface area contributed by atoms with Crippen LogP contribution in [0.15, 0.2) is 72.9 Å². The van der Waals surface area contributed by atoms with Crippen molar-refractivity contribution in [1.29, 1.82) is 0 Å². The third kappa shape index (κ3) is 3.77. The molecule has 0 aliphatic heterocycles. The van der Waals surface area contributed by atoms with Gasteiger partial charge in [-0.05, 0) is 72.0 Å². The van der Waals surface area contributed by atoms with Crippen molar-refractivity contribution >= 4 is 22.6 Å². The molecule has 0 radical (unpaired) electrons. The number of nitrogens with one attached hydrogen (secondary N) is 1. The second-order valence-electron chi connectivity index (χ2n) is 6.63. The molecule has 27 heavy (non-hydrogen) atoms. The number of nitrogens with zero attached hydrogens (tertiary/aromatic N) is 1. The van der Waals surface area contributed by atoms with Crippen LogP contribution in [-0.2, 0) is 0 Å². The van der Waals surface area contributed by atoms with Gasteiger partial charge in [-0.3, -0.25) is 5.10 Å². The molecule has 1 aromatic heterocycles. The minimum atomic E-state index is 0.847. The molecule has 0 spiro atoms. The van der Waals surface area contributed by atoms with Crippen molar-refractivity contribution < 1.29 is 4.74 Å². The van der Waals surface area contributed by atoms with Crippen molar-refractivity contribution in [3.63, 3.8) is 0 Å². The highest BCUT2D eigenvalue weighted by molar-refractivity contribution is 5.87. The fourth-order valence-corrected chi connectivity index (χ4v) is 3.26. The first-order chi connectivity index (χ1) is 13.2. The maximum atomic E-state index is 6.03. The topological polar surface area (TPSA) is 37.9 Å². The van der Waals surface area contributed by atoms with Crippen molar-refractivity contribution in [2.24, 2.45) is 0 Å². The molecule has 4 rings (SSSR count). The second kappa shape index (κ2) is 7.50. The third-order valence-corrected chi connectivity index (χ3v) is 4.72.